The van der Waals surface area contributed by atoms with Gasteiger partial charge in [-0.3, -0.25) is 14.9 Å². The van der Waals surface area contributed by atoms with E-state index in [2.05, 4.69) is 5.32 Å². The van der Waals surface area contributed by atoms with E-state index in [0.29, 0.717) is 28.3 Å². The molecule has 0 spiro atoms. The highest BCUT2D eigenvalue weighted by atomic mass is 19.1. The van der Waals surface area contributed by atoms with Crippen LogP contribution in [-0.4, -0.2) is 25.0 Å². The van der Waals surface area contributed by atoms with E-state index in [0.717, 1.165) is 10.5 Å². The van der Waals surface area contributed by atoms with Gasteiger partial charge in [0.15, 0.2) is 11.5 Å². The van der Waals surface area contributed by atoms with E-state index in [1.807, 2.05) is 6.92 Å². The van der Waals surface area contributed by atoms with E-state index in [1.54, 1.807) is 54.6 Å². The second-order valence-corrected chi connectivity index (χ2v) is 7.62. The number of imide groups is 2. The molecule has 0 bridgehead atoms. The number of rotatable bonds is 6. The SMILES string of the molecule is COc1cc(/C=C2\C(=O)NC(=O)N(c3ccc(C)cc3)C2=O)ccc1OCc1cccc(F)c1. The lowest BCUT2D eigenvalue weighted by atomic mass is 10.1. The summed E-state index contributed by atoms with van der Waals surface area (Å²) in [5, 5.41) is 2.20. The van der Waals surface area contributed by atoms with Gasteiger partial charge in [-0.1, -0.05) is 35.9 Å². The van der Waals surface area contributed by atoms with Crippen LogP contribution in [0.25, 0.3) is 6.08 Å². The van der Waals surface area contributed by atoms with Crippen LogP contribution >= 0.6 is 0 Å². The smallest absolute Gasteiger partial charge is 0.335 e. The molecule has 3 aromatic carbocycles. The summed E-state index contributed by atoms with van der Waals surface area (Å²) < 4.78 is 24.5. The van der Waals surface area contributed by atoms with Crippen LogP contribution in [0.3, 0.4) is 0 Å². The number of benzene rings is 3. The number of ether oxygens (including phenoxy) is 2. The van der Waals surface area contributed by atoms with Crippen molar-refractivity contribution >= 4 is 29.6 Å². The number of urea groups is 1. The van der Waals surface area contributed by atoms with Gasteiger partial charge in [-0.2, -0.15) is 0 Å². The highest BCUT2D eigenvalue weighted by Gasteiger charge is 2.36. The molecule has 8 heteroatoms. The number of hydrogen-bond donors (Lipinski definition) is 1. The van der Waals surface area contributed by atoms with E-state index in [1.165, 1.54) is 25.3 Å². The van der Waals surface area contributed by atoms with Crippen molar-refractivity contribution in [2.45, 2.75) is 13.5 Å². The Kier molecular flexibility index (Phi) is 6.40. The highest BCUT2D eigenvalue weighted by Crippen LogP contribution is 2.30. The molecule has 0 saturated carbocycles. The summed E-state index contributed by atoms with van der Waals surface area (Å²) in [7, 11) is 1.46. The molecule has 0 radical (unpaired) electrons. The maximum atomic E-state index is 13.4. The van der Waals surface area contributed by atoms with Gasteiger partial charge >= 0.3 is 6.03 Å². The first kappa shape index (κ1) is 22.7. The molecule has 1 N–H and O–H groups in total. The molecule has 4 amide bonds. The van der Waals surface area contributed by atoms with Crippen LogP contribution in [0.15, 0.2) is 72.3 Å². The van der Waals surface area contributed by atoms with E-state index in [-0.39, 0.29) is 18.0 Å². The Balaban J connectivity index is 1.59. The van der Waals surface area contributed by atoms with Crippen LogP contribution in [0.4, 0.5) is 14.9 Å². The van der Waals surface area contributed by atoms with Gasteiger partial charge in [0.25, 0.3) is 11.8 Å². The number of nitrogens with one attached hydrogen (secondary N) is 1. The van der Waals surface area contributed by atoms with Crippen LogP contribution in [0, 0.1) is 12.7 Å². The minimum absolute atomic E-state index is 0.128. The van der Waals surface area contributed by atoms with Gasteiger partial charge in [0.1, 0.15) is 18.0 Å². The first-order valence-electron chi connectivity index (χ1n) is 10.4. The highest BCUT2D eigenvalue weighted by molar-refractivity contribution is 6.39. The van der Waals surface area contributed by atoms with Gasteiger partial charge in [0.05, 0.1) is 12.8 Å². The predicted octanol–water partition coefficient (Wildman–Crippen LogP) is 4.39. The van der Waals surface area contributed by atoms with Crippen molar-refractivity contribution in [2.75, 3.05) is 12.0 Å². The summed E-state index contributed by atoms with van der Waals surface area (Å²) in [5.41, 5.74) is 2.26. The fourth-order valence-electron chi connectivity index (χ4n) is 3.43. The van der Waals surface area contributed by atoms with Crippen molar-refractivity contribution in [3.8, 4) is 11.5 Å². The number of nitrogens with zero attached hydrogens (tertiary/aromatic N) is 1. The number of carbonyl (C=O) groups is 3. The van der Waals surface area contributed by atoms with Crippen molar-refractivity contribution in [1.82, 2.24) is 5.32 Å². The summed E-state index contributed by atoms with van der Waals surface area (Å²) in [4.78, 5) is 38.7. The average molecular weight is 460 g/mol. The Morgan fingerprint density at radius 1 is 0.971 bits per heavy atom. The largest absolute Gasteiger partial charge is 0.493 e. The molecule has 172 valence electrons. The lowest BCUT2D eigenvalue weighted by Crippen LogP contribution is -2.54. The number of halogens is 1. The molecular weight excluding hydrogens is 439 g/mol. The van der Waals surface area contributed by atoms with E-state index < -0.39 is 17.8 Å². The first-order valence-corrected chi connectivity index (χ1v) is 10.4. The van der Waals surface area contributed by atoms with Crippen LogP contribution in [0.5, 0.6) is 11.5 Å². The molecule has 1 saturated heterocycles. The van der Waals surface area contributed by atoms with Gasteiger partial charge in [0.2, 0.25) is 0 Å². The van der Waals surface area contributed by atoms with Gasteiger partial charge in [-0.25, -0.2) is 14.1 Å². The topological polar surface area (TPSA) is 84.9 Å². The van der Waals surface area contributed by atoms with Crippen LogP contribution in [0.1, 0.15) is 16.7 Å². The Hall–Kier alpha value is -4.46. The number of hydrogen-bond acceptors (Lipinski definition) is 5. The summed E-state index contributed by atoms with van der Waals surface area (Å²) in [6, 6.07) is 16.9. The summed E-state index contributed by atoms with van der Waals surface area (Å²) in [5.74, 6) is -1.11. The maximum absolute atomic E-state index is 13.4. The van der Waals surface area contributed by atoms with Crippen LogP contribution < -0.4 is 19.7 Å². The van der Waals surface area contributed by atoms with E-state index in [9.17, 15) is 18.8 Å². The number of anilines is 1. The molecule has 7 nitrogen and oxygen atoms in total. The first-order chi connectivity index (χ1) is 16.4. The van der Waals surface area contributed by atoms with Crippen molar-refractivity contribution in [2.24, 2.45) is 0 Å². The van der Waals surface area contributed by atoms with Gasteiger partial charge in [0, 0.05) is 0 Å². The third-order valence-corrected chi connectivity index (χ3v) is 5.18. The third kappa shape index (κ3) is 4.80. The molecule has 1 aliphatic heterocycles. The quantitative estimate of drug-likeness (QED) is 0.436. The zero-order chi connectivity index (χ0) is 24.2. The molecule has 1 aliphatic rings. The molecule has 1 heterocycles. The number of carbonyl (C=O) groups excluding carboxylic acids is 3. The zero-order valence-electron chi connectivity index (χ0n) is 18.5. The van der Waals surface area contributed by atoms with Crippen molar-refractivity contribution in [3.63, 3.8) is 0 Å². The molecule has 0 aromatic heterocycles. The molecule has 0 atom stereocenters. The van der Waals surface area contributed by atoms with Crippen molar-refractivity contribution < 1.29 is 28.2 Å². The minimum atomic E-state index is -0.810. The maximum Gasteiger partial charge on any atom is 0.335 e. The molecule has 34 heavy (non-hydrogen) atoms. The van der Waals surface area contributed by atoms with E-state index >= 15 is 0 Å². The predicted molar refractivity (Wildman–Crippen MR) is 124 cm³/mol. The third-order valence-electron chi connectivity index (χ3n) is 5.18. The van der Waals surface area contributed by atoms with Crippen molar-refractivity contribution in [3.05, 3.63) is 94.8 Å². The fraction of sp³-hybridized carbons (Fsp3) is 0.115. The molecule has 4 rings (SSSR count). The Morgan fingerprint density at radius 3 is 2.44 bits per heavy atom. The van der Waals surface area contributed by atoms with Crippen molar-refractivity contribution in [1.29, 1.82) is 0 Å². The zero-order valence-corrected chi connectivity index (χ0v) is 18.5. The Morgan fingerprint density at radius 2 is 1.74 bits per heavy atom. The standard InChI is InChI=1S/C26H21FN2O5/c1-16-6-9-20(10-7-16)29-25(31)21(24(30)28-26(29)32)13-17-8-11-22(23(14-17)33-2)34-15-18-4-3-5-19(27)12-18/h3-14H,15H2,1-2H3,(H,28,30,32)/b21-13+. The molecule has 3 aromatic rings. The normalized spacial score (nSPS) is 14.9. The number of amides is 4. The van der Waals surface area contributed by atoms with E-state index in [4.69, 9.17) is 9.47 Å². The summed E-state index contributed by atoms with van der Waals surface area (Å²) >= 11 is 0. The number of barbiturate groups is 1. The second kappa shape index (κ2) is 9.58. The summed E-state index contributed by atoms with van der Waals surface area (Å²) in [6.07, 6.45) is 1.38. The average Bonchev–Trinajstić information content (AvgIpc) is 2.82. The monoisotopic (exact) mass is 460 g/mol. The van der Waals surface area contributed by atoms with Gasteiger partial charge < -0.3 is 9.47 Å². The molecular formula is C26H21FN2O5. The number of methoxy groups -OCH3 is 1. The van der Waals surface area contributed by atoms with Crippen LogP contribution in [0.2, 0.25) is 0 Å². The fourth-order valence-corrected chi connectivity index (χ4v) is 3.43. The Labute approximate surface area is 195 Å². The molecule has 1 fully saturated rings. The van der Waals surface area contributed by atoms with Gasteiger partial charge in [-0.15, -0.1) is 0 Å². The van der Waals surface area contributed by atoms with Gasteiger partial charge in [-0.05, 0) is 60.5 Å². The van der Waals surface area contributed by atoms with Crippen LogP contribution in [-0.2, 0) is 16.2 Å². The lowest BCUT2D eigenvalue weighted by molar-refractivity contribution is -0.122. The lowest BCUT2D eigenvalue weighted by Gasteiger charge is -2.26. The number of aryl methyl sites for hydroxylation is 1. The summed E-state index contributed by atoms with van der Waals surface area (Å²) in [6.45, 7) is 2.01. The second-order valence-electron chi connectivity index (χ2n) is 7.62. The Bertz CT molecular complexity index is 1300. The molecule has 0 unspecified atom stereocenters. The minimum Gasteiger partial charge on any atom is -0.493 e. The molecule has 0 aliphatic carbocycles.